The lowest BCUT2D eigenvalue weighted by Crippen LogP contribution is -2.30. The normalized spacial score (nSPS) is 11.1. The van der Waals surface area contributed by atoms with Crippen LogP contribution < -0.4 is 9.46 Å². The molecular formula is C12H17NO5S. The van der Waals surface area contributed by atoms with Gasteiger partial charge in [0.2, 0.25) is 5.91 Å². The minimum atomic E-state index is -3.85. The number of ether oxygens (including phenoxy) is 2. The first-order valence-corrected chi connectivity index (χ1v) is 7.16. The van der Waals surface area contributed by atoms with E-state index in [2.05, 4.69) is 0 Å². The number of methoxy groups -OCH3 is 2. The fourth-order valence-corrected chi connectivity index (χ4v) is 2.45. The van der Waals surface area contributed by atoms with Crippen LogP contribution in [-0.4, -0.2) is 35.2 Å². The smallest absolute Gasteiger partial charge is 0.264 e. The Morgan fingerprint density at radius 1 is 1.32 bits per heavy atom. The van der Waals surface area contributed by atoms with Gasteiger partial charge in [-0.1, -0.05) is 6.07 Å². The molecule has 0 saturated carbocycles. The molecule has 0 radical (unpaired) electrons. The molecule has 0 saturated heterocycles. The molecule has 1 rings (SSSR count). The van der Waals surface area contributed by atoms with Crippen LogP contribution in [0.15, 0.2) is 29.2 Å². The Morgan fingerprint density at radius 3 is 2.68 bits per heavy atom. The summed E-state index contributed by atoms with van der Waals surface area (Å²) in [6.07, 6.45) is 0.563. The second-order valence-electron chi connectivity index (χ2n) is 3.80. The molecule has 0 bridgehead atoms. The summed E-state index contributed by atoms with van der Waals surface area (Å²) in [4.78, 5) is 11.5. The Morgan fingerprint density at radius 2 is 2.05 bits per heavy atom. The molecule has 7 heteroatoms. The molecule has 106 valence electrons. The predicted molar refractivity (Wildman–Crippen MR) is 69.4 cm³/mol. The van der Waals surface area contributed by atoms with Crippen LogP contribution in [-0.2, 0) is 19.6 Å². The van der Waals surface area contributed by atoms with E-state index in [0.29, 0.717) is 18.8 Å². The first-order valence-electron chi connectivity index (χ1n) is 5.68. The number of rotatable bonds is 7. The van der Waals surface area contributed by atoms with E-state index in [9.17, 15) is 13.2 Å². The molecule has 0 unspecified atom stereocenters. The Hall–Kier alpha value is -1.60. The lowest BCUT2D eigenvalue weighted by molar-refractivity contribution is -0.119. The molecular weight excluding hydrogens is 270 g/mol. The van der Waals surface area contributed by atoms with E-state index in [1.807, 2.05) is 4.72 Å². The maximum Gasteiger partial charge on any atom is 0.264 e. The first kappa shape index (κ1) is 15.5. The van der Waals surface area contributed by atoms with Gasteiger partial charge in [0.1, 0.15) is 5.75 Å². The number of benzene rings is 1. The van der Waals surface area contributed by atoms with E-state index in [-0.39, 0.29) is 11.3 Å². The van der Waals surface area contributed by atoms with Crippen molar-refractivity contribution in [2.24, 2.45) is 0 Å². The minimum absolute atomic E-state index is 0.00746. The third-order valence-corrected chi connectivity index (χ3v) is 3.72. The summed E-state index contributed by atoms with van der Waals surface area (Å²) < 4.78 is 35.6. The number of amides is 1. The molecule has 0 aliphatic carbocycles. The van der Waals surface area contributed by atoms with Crippen LogP contribution in [0.4, 0.5) is 0 Å². The molecule has 1 aromatic rings. The number of carbonyl (C=O) groups excluding carboxylic acids is 1. The minimum Gasteiger partial charge on any atom is -0.497 e. The summed E-state index contributed by atoms with van der Waals surface area (Å²) in [7, 11) is -0.891. The van der Waals surface area contributed by atoms with Crippen LogP contribution in [0, 0.1) is 0 Å². The van der Waals surface area contributed by atoms with Gasteiger partial charge in [-0.25, -0.2) is 13.1 Å². The molecule has 0 heterocycles. The van der Waals surface area contributed by atoms with Gasteiger partial charge >= 0.3 is 0 Å². The number of carbonyl (C=O) groups is 1. The van der Waals surface area contributed by atoms with Crippen molar-refractivity contribution in [3.63, 3.8) is 0 Å². The quantitative estimate of drug-likeness (QED) is 0.754. The number of sulfonamides is 1. The van der Waals surface area contributed by atoms with Gasteiger partial charge in [0, 0.05) is 26.2 Å². The molecule has 19 heavy (non-hydrogen) atoms. The standard InChI is InChI=1S/C12H17NO5S/c1-17-8-4-7-12(14)13-19(15,16)11-6-3-5-10(9-11)18-2/h3,5-6,9H,4,7-8H2,1-2H3,(H,13,14). The fourth-order valence-electron chi connectivity index (χ4n) is 1.41. The summed E-state index contributed by atoms with van der Waals surface area (Å²) >= 11 is 0. The molecule has 1 aromatic carbocycles. The van der Waals surface area contributed by atoms with Crippen molar-refractivity contribution in [2.45, 2.75) is 17.7 Å². The van der Waals surface area contributed by atoms with E-state index in [0.717, 1.165) is 0 Å². The zero-order valence-corrected chi connectivity index (χ0v) is 11.7. The SMILES string of the molecule is COCCCC(=O)NS(=O)(=O)c1cccc(OC)c1. The fraction of sp³-hybridized carbons (Fsp3) is 0.417. The van der Waals surface area contributed by atoms with Crippen LogP contribution in [0.5, 0.6) is 5.75 Å². The van der Waals surface area contributed by atoms with Crippen molar-refractivity contribution in [2.75, 3.05) is 20.8 Å². The molecule has 0 fully saturated rings. The van der Waals surface area contributed by atoms with Crippen molar-refractivity contribution in [1.82, 2.24) is 4.72 Å². The van der Waals surface area contributed by atoms with E-state index >= 15 is 0 Å². The molecule has 0 atom stereocenters. The number of hydrogen-bond donors (Lipinski definition) is 1. The second kappa shape index (κ2) is 7.10. The van der Waals surface area contributed by atoms with Crippen molar-refractivity contribution < 1.29 is 22.7 Å². The van der Waals surface area contributed by atoms with Gasteiger partial charge in [0.05, 0.1) is 12.0 Å². The number of nitrogens with one attached hydrogen (secondary N) is 1. The van der Waals surface area contributed by atoms with Gasteiger partial charge in [0.15, 0.2) is 0 Å². The van der Waals surface area contributed by atoms with E-state index in [1.165, 1.54) is 26.4 Å². The highest BCUT2D eigenvalue weighted by molar-refractivity contribution is 7.90. The predicted octanol–water partition coefficient (Wildman–Crippen LogP) is 0.927. The highest BCUT2D eigenvalue weighted by atomic mass is 32.2. The summed E-state index contributed by atoms with van der Waals surface area (Å²) in [5.74, 6) is -0.144. The topological polar surface area (TPSA) is 81.7 Å². The van der Waals surface area contributed by atoms with Crippen LogP contribution in [0.3, 0.4) is 0 Å². The van der Waals surface area contributed by atoms with Gasteiger partial charge in [-0.05, 0) is 18.6 Å². The maximum absolute atomic E-state index is 11.9. The van der Waals surface area contributed by atoms with Crippen molar-refractivity contribution in [1.29, 1.82) is 0 Å². The summed E-state index contributed by atoms with van der Waals surface area (Å²) in [6, 6.07) is 5.92. The van der Waals surface area contributed by atoms with Gasteiger partial charge in [0.25, 0.3) is 10.0 Å². The zero-order chi connectivity index (χ0) is 14.3. The monoisotopic (exact) mass is 287 g/mol. The molecule has 0 aromatic heterocycles. The van der Waals surface area contributed by atoms with Crippen LogP contribution in [0.25, 0.3) is 0 Å². The highest BCUT2D eigenvalue weighted by Gasteiger charge is 2.17. The Bertz CT molecular complexity index is 527. The third-order valence-electron chi connectivity index (χ3n) is 2.35. The maximum atomic E-state index is 11.9. The average molecular weight is 287 g/mol. The van der Waals surface area contributed by atoms with Crippen molar-refractivity contribution >= 4 is 15.9 Å². The van der Waals surface area contributed by atoms with E-state index < -0.39 is 15.9 Å². The van der Waals surface area contributed by atoms with Crippen molar-refractivity contribution in [3.8, 4) is 5.75 Å². The number of hydrogen-bond acceptors (Lipinski definition) is 5. The van der Waals surface area contributed by atoms with Gasteiger partial charge in [-0.3, -0.25) is 4.79 Å². The zero-order valence-electron chi connectivity index (χ0n) is 10.9. The first-order chi connectivity index (χ1) is 8.99. The van der Waals surface area contributed by atoms with Gasteiger partial charge in [-0.15, -0.1) is 0 Å². The lowest BCUT2D eigenvalue weighted by atomic mass is 10.3. The molecule has 0 spiro atoms. The molecule has 0 aliphatic rings. The second-order valence-corrected chi connectivity index (χ2v) is 5.49. The van der Waals surface area contributed by atoms with E-state index in [1.54, 1.807) is 12.1 Å². The van der Waals surface area contributed by atoms with Gasteiger partial charge in [-0.2, -0.15) is 0 Å². The summed E-state index contributed by atoms with van der Waals surface area (Å²) in [6.45, 7) is 0.409. The lowest BCUT2D eigenvalue weighted by Gasteiger charge is -2.08. The molecule has 6 nitrogen and oxygen atoms in total. The summed E-state index contributed by atoms with van der Waals surface area (Å²) in [5.41, 5.74) is 0. The van der Waals surface area contributed by atoms with Crippen LogP contribution in [0.2, 0.25) is 0 Å². The Labute approximate surface area is 112 Å². The van der Waals surface area contributed by atoms with Crippen LogP contribution >= 0.6 is 0 Å². The summed E-state index contributed by atoms with van der Waals surface area (Å²) in [5, 5.41) is 0. The van der Waals surface area contributed by atoms with Crippen LogP contribution in [0.1, 0.15) is 12.8 Å². The Balaban J connectivity index is 2.72. The molecule has 1 N–H and O–H groups in total. The Kier molecular flexibility index (Phi) is 5.78. The molecule has 0 aliphatic heterocycles. The highest BCUT2D eigenvalue weighted by Crippen LogP contribution is 2.16. The average Bonchev–Trinajstić information content (AvgIpc) is 2.38. The van der Waals surface area contributed by atoms with Gasteiger partial charge < -0.3 is 9.47 Å². The van der Waals surface area contributed by atoms with Crippen molar-refractivity contribution in [3.05, 3.63) is 24.3 Å². The molecule has 1 amide bonds. The third kappa shape index (κ3) is 4.88. The largest absolute Gasteiger partial charge is 0.497 e. The van der Waals surface area contributed by atoms with E-state index in [4.69, 9.17) is 9.47 Å².